The number of carbonyl (C=O) groups excluding carboxylic acids is 1. The van der Waals surface area contributed by atoms with Crippen molar-refractivity contribution in [2.24, 2.45) is 11.8 Å². The van der Waals surface area contributed by atoms with Gasteiger partial charge in [0.1, 0.15) is 5.82 Å². The van der Waals surface area contributed by atoms with Gasteiger partial charge in [0.25, 0.3) is 0 Å². The highest BCUT2D eigenvalue weighted by Crippen LogP contribution is 2.48. The van der Waals surface area contributed by atoms with Crippen LogP contribution in [0.3, 0.4) is 0 Å². The highest BCUT2D eigenvalue weighted by Gasteiger charge is 2.45. The molecule has 1 amide bonds. The molecule has 0 spiro atoms. The molecular weight excluding hydrogens is 349 g/mol. The third-order valence-electron chi connectivity index (χ3n) is 5.48. The van der Waals surface area contributed by atoms with Crippen LogP contribution in [0.2, 0.25) is 0 Å². The molecule has 0 radical (unpaired) electrons. The molecule has 0 bridgehead atoms. The standard InChI is InChI=1S/C20H24FN3OS/c1-13-6-8-24(9-7-13)11-14-12-26-20(22-14)23-19(25)17-10-16(17)15-4-2-3-5-18(15)21/h2-5,12-13,16-17H,6-11H2,1H3,(H,22,23,25). The number of rotatable bonds is 5. The van der Waals surface area contributed by atoms with Crippen molar-refractivity contribution in [1.29, 1.82) is 0 Å². The molecule has 6 heteroatoms. The second-order valence-electron chi connectivity index (χ2n) is 7.56. The van der Waals surface area contributed by atoms with E-state index in [4.69, 9.17) is 0 Å². The molecule has 2 aromatic rings. The van der Waals surface area contributed by atoms with Crippen LogP contribution in [0, 0.1) is 17.7 Å². The average Bonchev–Trinajstić information content (AvgIpc) is 3.31. The van der Waals surface area contributed by atoms with Crippen LogP contribution >= 0.6 is 11.3 Å². The van der Waals surface area contributed by atoms with Crippen molar-refractivity contribution < 1.29 is 9.18 Å². The number of aromatic nitrogens is 1. The van der Waals surface area contributed by atoms with Crippen molar-refractivity contribution in [3.05, 3.63) is 46.7 Å². The summed E-state index contributed by atoms with van der Waals surface area (Å²) in [7, 11) is 0. The first-order valence-corrected chi connectivity index (χ1v) is 10.2. The van der Waals surface area contributed by atoms with Gasteiger partial charge in [-0.15, -0.1) is 11.3 Å². The number of likely N-dealkylation sites (tertiary alicyclic amines) is 1. The topological polar surface area (TPSA) is 45.2 Å². The summed E-state index contributed by atoms with van der Waals surface area (Å²) >= 11 is 1.47. The van der Waals surface area contributed by atoms with Gasteiger partial charge in [-0.1, -0.05) is 25.1 Å². The van der Waals surface area contributed by atoms with E-state index in [1.54, 1.807) is 12.1 Å². The Balaban J connectivity index is 1.30. The van der Waals surface area contributed by atoms with Crippen LogP contribution in [0.15, 0.2) is 29.6 Å². The molecule has 26 heavy (non-hydrogen) atoms. The van der Waals surface area contributed by atoms with E-state index in [0.717, 1.165) is 31.2 Å². The van der Waals surface area contributed by atoms with E-state index in [9.17, 15) is 9.18 Å². The Labute approximate surface area is 157 Å². The number of nitrogens with zero attached hydrogens (tertiary/aromatic N) is 2. The van der Waals surface area contributed by atoms with E-state index >= 15 is 0 Å². The molecule has 2 unspecified atom stereocenters. The first kappa shape index (κ1) is 17.6. The molecular formula is C20H24FN3OS. The summed E-state index contributed by atoms with van der Waals surface area (Å²) in [6.45, 7) is 5.39. The monoisotopic (exact) mass is 373 g/mol. The molecule has 2 aliphatic rings. The van der Waals surface area contributed by atoms with Crippen LogP contribution in [0.1, 0.15) is 43.4 Å². The molecule has 2 heterocycles. The van der Waals surface area contributed by atoms with E-state index in [-0.39, 0.29) is 23.6 Å². The van der Waals surface area contributed by atoms with Crippen molar-refractivity contribution in [2.45, 2.75) is 38.6 Å². The number of nitrogens with one attached hydrogen (secondary N) is 1. The second kappa shape index (κ2) is 7.45. The van der Waals surface area contributed by atoms with Gasteiger partial charge in [0.05, 0.1) is 5.69 Å². The lowest BCUT2D eigenvalue weighted by Crippen LogP contribution is -2.32. The van der Waals surface area contributed by atoms with Crippen molar-refractivity contribution >= 4 is 22.4 Å². The van der Waals surface area contributed by atoms with Crippen LogP contribution in [0.5, 0.6) is 0 Å². The average molecular weight is 373 g/mol. The number of hydrogen-bond donors (Lipinski definition) is 1. The first-order chi connectivity index (χ1) is 12.6. The largest absolute Gasteiger partial charge is 0.302 e. The number of piperidine rings is 1. The summed E-state index contributed by atoms with van der Waals surface area (Å²) in [5.74, 6) is 0.386. The number of hydrogen-bond acceptors (Lipinski definition) is 4. The fourth-order valence-corrected chi connectivity index (χ4v) is 4.39. The zero-order valence-electron chi connectivity index (χ0n) is 15.0. The fraction of sp³-hybridized carbons (Fsp3) is 0.500. The molecule has 1 aliphatic heterocycles. The minimum atomic E-state index is -0.222. The molecule has 1 aromatic heterocycles. The van der Waals surface area contributed by atoms with Crippen molar-refractivity contribution in [1.82, 2.24) is 9.88 Å². The molecule has 1 N–H and O–H groups in total. The molecule has 1 aliphatic carbocycles. The summed E-state index contributed by atoms with van der Waals surface area (Å²) < 4.78 is 13.8. The quantitative estimate of drug-likeness (QED) is 0.852. The number of amides is 1. The van der Waals surface area contributed by atoms with Gasteiger partial charge in [-0.25, -0.2) is 9.37 Å². The third kappa shape index (κ3) is 3.96. The van der Waals surface area contributed by atoms with Gasteiger partial charge in [-0.2, -0.15) is 0 Å². The van der Waals surface area contributed by atoms with Crippen LogP contribution < -0.4 is 5.32 Å². The Morgan fingerprint density at radius 3 is 2.88 bits per heavy atom. The number of halogens is 1. The lowest BCUT2D eigenvalue weighted by Gasteiger charge is -2.29. The third-order valence-corrected chi connectivity index (χ3v) is 6.28. The van der Waals surface area contributed by atoms with Crippen molar-refractivity contribution in [2.75, 3.05) is 18.4 Å². The Morgan fingerprint density at radius 1 is 1.35 bits per heavy atom. The molecule has 138 valence electrons. The lowest BCUT2D eigenvalue weighted by atomic mass is 9.99. The van der Waals surface area contributed by atoms with Crippen LogP contribution in [0.25, 0.3) is 0 Å². The van der Waals surface area contributed by atoms with E-state index in [2.05, 4.69) is 22.1 Å². The Bertz CT molecular complexity index is 785. The SMILES string of the molecule is CC1CCN(Cc2csc(NC(=O)C3CC3c3ccccc3F)n2)CC1. The van der Waals surface area contributed by atoms with Crippen LogP contribution in [0.4, 0.5) is 9.52 Å². The minimum absolute atomic E-state index is 0.00836. The van der Waals surface area contributed by atoms with E-state index in [1.807, 2.05) is 11.4 Å². The van der Waals surface area contributed by atoms with Crippen LogP contribution in [-0.2, 0) is 11.3 Å². The maximum atomic E-state index is 13.8. The summed E-state index contributed by atoms with van der Waals surface area (Å²) in [5, 5.41) is 5.59. The van der Waals surface area contributed by atoms with E-state index in [0.29, 0.717) is 17.1 Å². The Kier molecular flexibility index (Phi) is 5.05. The molecule has 4 nitrogen and oxygen atoms in total. The highest BCUT2D eigenvalue weighted by molar-refractivity contribution is 7.13. The van der Waals surface area contributed by atoms with E-state index < -0.39 is 0 Å². The zero-order valence-corrected chi connectivity index (χ0v) is 15.8. The van der Waals surface area contributed by atoms with Crippen molar-refractivity contribution in [3.8, 4) is 0 Å². The lowest BCUT2D eigenvalue weighted by molar-refractivity contribution is -0.117. The second-order valence-corrected chi connectivity index (χ2v) is 8.42. The number of thiazole rings is 1. The Hall–Kier alpha value is -1.79. The van der Waals surface area contributed by atoms with Gasteiger partial charge in [0.15, 0.2) is 5.13 Å². The van der Waals surface area contributed by atoms with Gasteiger partial charge in [-0.3, -0.25) is 9.69 Å². The van der Waals surface area contributed by atoms with Gasteiger partial charge >= 0.3 is 0 Å². The molecule has 2 fully saturated rings. The molecule has 2 atom stereocenters. The molecule has 1 saturated heterocycles. The van der Waals surface area contributed by atoms with Crippen molar-refractivity contribution in [3.63, 3.8) is 0 Å². The van der Waals surface area contributed by atoms with Gasteiger partial charge in [-0.05, 0) is 55.8 Å². The molecule has 1 saturated carbocycles. The highest BCUT2D eigenvalue weighted by atomic mass is 32.1. The number of benzene rings is 1. The number of carbonyl (C=O) groups is 1. The maximum Gasteiger partial charge on any atom is 0.229 e. The molecule has 4 rings (SSSR count). The predicted molar refractivity (Wildman–Crippen MR) is 102 cm³/mol. The van der Waals surface area contributed by atoms with Gasteiger partial charge in [0, 0.05) is 17.8 Å². The predicted octanol–water partition coefficient (Wildman–Crippen LogP) is 4.26. The summed E-state index contributed by atoms with van der Waals surface area (Å²) in [6, 6.07) is 6.72. The summed E-state index contributed by atoms with van der Waals surface area (Å²) in [5.41, 5.74) is 1.66. The summed E-state index contributed by atoms with van der Waals surface area (Å²) in [6.07, 6.45) is 3.19. The molecule has 1 aromatic carbocycles. The van der Waals surface area contributed by atoms with Gasteiger partial charge < -0.3 is 5.32 Å². The van der Waals surface area contributed by atoms with Gasteiger partial charge in [0.2, 0.25) is 5.91 Å². The van der Waals surface area contributed by atoms with Crippen LogP contribution in [-0.4, -0.2) is 28.9 Å². The minimum Gasteiger partial charge on any atom is -0.302 e. The van der Waals surface area contributed by atoms with E-state index in [1.165, 1.54) is 30.2 Å². The first-order valence-electron chi connectivity index (χ1n) is 9.32. The normalized spacial score (nSPS) is 23.8. The zero-order chi connectivity index (χ0) is 18.1. The maximum absolute atomic E-state index is 13.8. The number of anilines is 1. The summed E-state index contributed by atoms with van der Waals surface area (Å²) in [4.78, 5) is 19.4. The Morgan fingerprint density at radius 2 is 2.12 bits per heavy atom. The smallest absolute Gasteiger partial charge is 0.229 e. The fourth-order valence-electron chi connectivity index (χ4n) is 3.69.